The van der Waals surface area contributed by atoms with Gasteiger partial charge in [0.15, 0.2) is 0 Å². The highest BCUT2D eigenvalue weighted by Crippen LogP contribution is 2.28. The average molecular weight is 572 g/mol. The second-order valence-corrected chi connectivity index (χ2v) is 11.4. The lowest BCUT2D eigenvalue weighted by atomic mass is 10.1. The molecule has 0 aliphatic heterocycles. The second kappa shape index (κ2) is 13.5. The minimum atomic E-state index is -4.15. The quantitative estimate of drug-likeness (QED) is 0.337. The lowest BCUT2D eigenvalue weighted by Gasteiger charge is -2.32. The van der Waals surface area contributed by atoms with Gasteiger partial charge in [-0.05, 0) is 67.8 Å². The van der Waals surface area contributed by atoms with Crippen molar-refractivity contribution in [1.82, 2.24) is 10.2 Å². The van der Waals surface area contributed by atoms with E-state index < -0.39 is 28.5 Å². The molecule has 1 atom stereocenters. The van der Waals surface area contributed by atoms with Gasteiger partial charge in [0, 0.05) is 18.1 Å². The molecule has 0 radical (unpaired) electrons. The number of anilines is 1. The molecule has 3 rings (SSSR count). The molecule has 3 aromatic rings. The number of hydrogen-bond acceptors (Lipinski definition) is 5. The highest BCUT2D eigenvalue weighted by atomic mass is 35.5. The highest BCUT2D eigenvalue weighted by molar-refractivity contribution is 7.92. The van der Waals surface area contributed by atoms with Gasteiger partial charge in [0.1, 0.15) is 18.3 Å². The van der Waals surface area contributed by atoms with Crippen LogP contribution < -0.4 is 14.4 Å². The molecule has 0 spiro atoms. The minimum absolute atomic E-state index is 0.0302. The van der Waals surface area contributed by atoms with Crippen LogP contribution in [-0.4, -0.2) is 51.4 Å². The number of carbonyl (C=O) groups is 2. The normalized spacial score (nSPS) is 11.9. The number of amides is 2. The summed E-state index contributed by atoms with van der Waals surface area (Å²) in [4.78, 5) is 28.3. The third kappa shape index (κ3) is 7.52. The van der Waals surface area contributed by atoms with E-state index in [1.807, 2.05) is 13.0 Å². The number of methoxy groups -OCH3 is 1. The Bertz CT molecular complexity index is 1400. The van der Waals surface area contributed by atoms with E-state index in [4.69, 9.17) is 16.3 Å². The van der Waals surface area contributed by atoms with Crippen molar-refractivity contribution in [1.29, 1.82) is 0 Å². The number of aryl methyl sites for hydroxylation is 1. The molecule has 0 aliphatic rings. The molecule has 0 saturated heterocycles. The van der Waals surface area contributed by atoms with E-state index in [0.29, 0.717) is 17.3 Å². The summed E-state index contributed by atoms with van der Waals surface area (Å²) in [5.74, 6) is -0.275. The minimum Gasteiger partial charge on any atom is -0.497 e. The molecule has 10 heteroatoms. The van der Waals surface area contributed by atoms with Crippen LogP contribution in [0.15, 0.2) is 77.7 Å². The number of sulfonamides is 1. The van der Waals surface area contributed by atoms with Gasteiger partial charge in [0.25, 0.3) is 10.0 Å². The van der Waals surface area contributed by atoms with Crippen LogP contribution in [0, 0.1) is 6.92 Å². The van der Waals surface area contributed by atoms with Gasteiger partial charge in [0.05, 0.1) is 17.7 Å². The first kappa shape index (κ1) is 30.0. The first-order chi connectivity index (χ1) is 18.6. The maximum atomic E-state index is 13.9. The first-order valence-electron chi connectivity index (χ1n) is 12.6. The molecule has 2 amide bonds. The number of hydrogen-bond donors (Lipinski definition) is 1. The summed E-state index contributed by atoms with van der Waals surface area (Å²) >= 11 is 6.35. The summed E-state index contributed by atoms with van der Waals surface area (Å²) < 4.78 is 33.9. The standard InChI is InChI=1S/C29H34ClN3O5S/c1-5-16-31-29(35)22(3)32(19-23-10-9-11-25(17-23)38-4)28(34)20-33(24-15-14-21(2)27(30)18-24)39(36,37)26-12-7-6-8-13-26/h6-15,17-18,22H,5,16,19-20H2,1-4H3,(H,31,35)/t22-/m0/s1. The average Bonchev–Trinajstić information content (AvgIpc) is 2.94. The van der Waals surface area contributed by atoms with Crippen molar-refractivity contribution < 1.29 is 22.7 Å². The fraction of sp³-hybridized carbons (Fsp3) is 0.310. The van der Waals surface area contributed by atoms with Crippen LogP contribution in [0.25, 0.3) is 0 Å². The molecular formula is C29H34ClN3O5S. The van der Waals surface area contributed by atoms with E-state index >= 15 is 0 Å². The Morgan fingerprint density at radius 3 is 2.38 bits per heavy atom. The Hall–Kier alpha value is -3.56. The lowest BCUT2D eigenvalue weighted by Crippen LogP contribution is -2.51. The van der Waals surface area contributed by atoms with Gasteiger partial charge < -0.3 is 15.0 Å². The molecular weight excluding hydrogens is 538 g/mol. The zero-order chi connectivity index (χ0) is 28.6. The Labute approximate surface area is 235 Å². The van der Waals surface area contributed by atoms with Crippen molar-refractivity contribution >= 4 is 39.1 Å². The van der Waals surface area contributed by atoms with Crippen LogP contribution >= 0.6 is 11.6 Å². The van der Waals surface area contributed by atoms with E-state index in [9.17, 15) is 18.0 Å². The smallest absolute Gasteiger partial charge is 0.264 e. The van der Waals surface area contributed by atoms with Crippen molar-refractivity contribution in [3.63, 3.8) is 0 Å². The number of benzene rings is 3. The van der Waals surface area contributed by atoms with Crippen molar-refractivity contribution in [3.8, 4) is 5.75 Å². The van der Waals surface area contributed by atoms with E-state index in [-0.39, 0.29) is 23.0 Å². The third-order valence-corrected chi connectivity index (χ3v) is 8.45. The van der Waals surface area contributed by atoms with Gasteiger partial charge in [-0.3, -0.25) is 13.9 Å². The van der Waals surface area contributed by atoms with E-state index in [1.54, 1.807) is 69.5 Å². The number of carbonyl (C=O) groups excluding carboxylic acids is 2. The van der Waals surface area contributed by atoms with Crippen LogP contribution in [0.1, 0.15) is 31.4 Å². The van der Waals surface area contributed by atoms with Crippen LogP contribution in [0.5, 0.6) is 5.75 Å². The molecule has 0 unspecified atom stereocenters. The van der Waals surface area contributed by atoms with Crippen LogP contribution in [-0.2, 0) is 26.2 Å². The molecule has 0 heterocycles. The topological polar surface area (TPSA) is 96.0 Å². The molecule has 0 aliphatic carbocycles. The zero-order valence-electron chi connectivity index (χ0n) is 22.6. The molecule has 0 fully saturated rings. The molecule has 1 N–H and O–H groups in total. The Morgan fingerprint density at radius 1 is 1.03 bits per heavy atom. The van der Waals surface area contributed by atoms with E-state index in [0.717, 1.165) is 21.9 Å². The van der Waals surface area contributed by atoms with Crippen molar-refractivity contribution in [3.05, 3.63) is 88.9 Å². The van der Waals surface area contributed by atoms with Gasteiger partial charge in [-0.1, -0.05) is 54.9 Å². The van der Waals surface area contributed by atoms with Crippen molar-refractivity contribution in [2.24, 2.45) is 0 Å². The fourth-order valence-corrected chi connectivity index (χ4v) is 5.53. The number of nitrogens with zero attached hydrogens (tertiary/aromatic N) is 2. The fourth-order valence-electron chi connectivity index (χ4n) is 3.93. The van der Waals surface area contributed by atoms with Gasteiger partial charge >= 0.3 is 0 Å². The predicted molar refractivity (Wildman–Crippen MR) is 153 cm³/mol. The number of nitrogens with one attached hydrogen (secondary N) is 1. The van der Waals surface area contributed by atoms with Gasteiger partial charge in [-0.25, -0.2) is 8.42 Å². The number of rotatable bonds is 12. The molecule has 208 valence electrons. The second-order valence-electron chi connectivity index (χ2n) is 9.10. The maximum Gasteiger partial charge on any atom is 0.264 e. The maximum absolute atomic E-state index is 13.9. The largest absolute Gasteiger partial charge is 0.497 e. The Kier molecular flexibility index (Phi) is 10.4. The van der Waals surface area contributed by atoms with E-state index in [1.165, 1.54) is 23.1 Å². The molecule has 0 saturated carbocycles. The van der Waals surface area contributed by atoms with E-state index in [2.05, 4.69) is 5.32 Å². The number of halogens is 1. The molecule has 8 nitrogen and oxygen atoms in total. The molecule has 39 heavy (non-hydrogen) atoms. The summed E-state index contributed by atoms with van der Waals surface area (Å²) in [6.07, 6.45) is 0.736. The molecule has 0 bridgehead atoms. The van der Waals surface area contributed by atoms with Gasteiger partial charge in [0.2, 0.25) is 11.8 Å². The van der Waals surface area contributed by atoms with Crippen LogP contribution in [0.3, 0.4) is 0 Å². The summed E-state index contributed by atoms with van der Waals surface area (Å²) in [7, 11) is -2.61. The number of ether oxygens (including phenoxy) is 1. The highest BCUT2D eigenvalue weighted by Gasteiger charge is 2.32. The summed E-state index contributed by atoms with van der Waals surface area (Å²) in [6.45, 7) is 5.36. The molecule has 3 aromatic carbocycles. The SMILES string of the molecule is CCCNC(=O)[C@H](C)N(Cc1cccc(OC)c1)C(=O)CN(c1ccc(C)c(Cl)c1)S(=O)(=O)c1ccccc1. The van der Waals surface area contributed by atoms with Gasteiger partial charge in [-0.15, -0.1) is 0 Å². The first-order valence-corrected chi connectivity index (χ1v) is 14.4. The zero-order valence-corrected chi connectivity index (χ0v) is 24.1. The lowest BCUT2D eigenvalue weighted by molar-refractivity contribution is -0.139. The Balaban J connectivity index is 2.04. The third-order valence-electron chi connectivity index (χ3n) is 6.26. The van der Waals surface area contributed by atoms with Gasteiger partial charge in [-0.2, -0.15) is 0 Å². The van der Waals surface area contributed by atoms with Crippen molar-refractivity contribution in [2.75, 3.05) is 24.5 Å². The summed E-state index contributed by atoms with van der Waals surface area (Å²) in [6, 6.07) is 19.0. The van der Waals surface area contributed by atoms with Crippen LogP contribution in [0.4, 0.5) is 5.69 Å². The van der Waals surface area contributed by atoms with Crippen molar-refractivity contribution in [2.45, 2.75) is 44.7 Å². The summed E-state index contributed by atoms with van der Waals surface area (Å²) in [5.41, 5.74) is 1.74. The summed E-state index contributed by atoms with van der Waals surface area (Å²) in [5, 5.41) is 3.19. The van der Waals surface area contributed by atoms with Crippen LogP contribution in [0.2, 0.25) is 5.02 Å². The molecule has 0 aromatic heterocycles. The Morgan fingerprint density at radius 2 is 1.74 bits per heavy atom. The monoisotopic (exact) mass is 571 g/mol. The predicted octanol–water partition coefficient (Wildman–Crippen LogP) is 4.80.